The quantitative estimate of drug-likeness (QED) is 0.316. The van der Waals surface area contributed by atoms with E-state index in [1.54, 1.807) is 12.4 Å². The number of urea groups is 1. The van der Waals surface area contributed by atoms with E-state index in [1.165, 1.54) is 0 Å². The molecule has 11 heteroatoms. The van der Waals surface area contributed by atoms with E-state index in [4.69, 9.17) is 15.5 Å². The van der Waals surface area contributed by atoms with Crippen molar-refractivity contribution < 1.29 is 9.53 Å². The number of ether oxygens (including phenoxy) is 1. The Hall–Kier alpha value is -4.22. The standard InChI is InChI=1S/C25H27N9O2.C2H6/c26-17-14-34(15-17)19-5-7-27-21(13-19)31-25(35)29-18-3-1-16(2-4-18)23-30-20-6-8-28-24(22(20)32-23)33-9-11-36-12-10-33;1-2/h1-8,13,17H,9-12,14-15,26H2,(H,30,32)(H2,27,29,31,35);1-2H3. The van der Waals surface area contributed by atoms with E-state index in [0.717, 1.165) is 60.1 Å². The molecular weight excluding hydrogens is 482 g/mol. The van der Waals surface area contributed by atoms with Crippen molar-refractivity contribution in [3.8, 4) is 11.4 Å². The first kappa shape index (κ1) is 25.4. The van der Waals surface area contributed by atoms with Gasteiger partial charge in [-0.15, -0.1) is 0 Å². The lowest BCUT2D eigenvalue weighted by Gasteiger charge is -2.38. The summed E-state index contributed by atoms with van der Waals surface area (Å²) in [6.07, 6.45) is 3.47. The van der Waals surface area contributed by atoms with Gasteiger partial charge in [-0.3, -0.25) is 5.32 Å². The minimum Gasteiger partial charge on any atom is -0.378 e. The highest BCUT2D eigenvalue weighted by Crippen LogP contribution is 2.28. The Morgan fingerprint density at radius 3 is 2.47 bits per heavy atom. The summed E-state index contributed by atoms with van der Waals surface area (Å²) < 4.78 is 5.46. The lowest BCUT2D eigenvalue weighted by Crippen LogP contribution is -2.55. The Bertz CT molecular complexity index is 1380. The van der Waals surface area contributed by atoms with Crippen LogP contribution in [0.15, 0.2) is 54.9 Å². The summed E-state index contributed by atoms with van der Waals surface area (Å²) in [6, 6.07) is 13.0. The molecule has 3 aromatic heterocycles. The molecule has 198 valence electrons. The van der Waals surface area contributed by atoms with Crippen LogP contribution in [0.3, 0.4) is 0 Å². The summed E-state index contributed by atoms with van der Waals surface area (Å²) in [4.78, 5) is 33.9. The van der Waals surface area contributed by atoms with Gasteiger partial charge in [0.25, 0.3) is 0 Å². The molecule has 0 unspecified atom stereocenters. The maximum Gasteiger partial charge on any atom is 0.324 e. The number of morpholine rings is 1. The maximum atomic E-state index is 12.5. The molecule has 0 bridgehead atoms. The lowest BCUT2D eigenvalue weighted by molar-refractivity contribution is 0.122. The fraction of sp³-hybridized carbons (Fsp3) is 0.333. The number of hydrogen-bond acceptors (Lipinski definition) is 8. The zero-order valence-corrected chi connectivity index (χ0v) is 21.6. The van der Waals surface area contributed by atoms with Crippen LogP contribution in [0, 0.1) is 0 Å². The van der Waals surface area contributed by atoms with Gasteiger partial charge in [-0.1, -0.05) is 13.8 Å². The molecule has 11 nitrogen and oxygen atoms in total. The molecule has 6 rings (SSSR count). The highest BCUT2D eigenvalue weighted by Gasteiger charge is 2.23. The van der Waals surface area contributed by atoms with E-state index >= 15 is 0 Å². The van der Waals surface area contributed by atoms with E-state index in [0.29, 0.717) is 24.7 Å². The number of carbonyl (C=O) groups excluding carboxylic acids is 1. The predicted molar refractivity (Wildman–Crippen MR) is 151 cm³/mol. The molecule has 0 radical (unpaired) electrons. The van der Waals surface area contributed by atoms with Crippen LogP contribution in [0.25, 0.3) is 22.4 Å². The first-order valence-corrected chi connectivity index (χ1v) is 12.9. The second kappa shape index (κ2) is 11.4. The van der Waals surface area contributed by atoms with Crippen LogP contribution in [0.5, 0.6) is 0 Å². The van der Waals surface area contributed by atoms with Crippen LogP contribution >= 0.6 is 0 Å². The molecule has 5 N–H and O–H groups in total. The molecule has 0 aliphatic carbocycles. The van der Waals surface area contributed by atoms with Crippen molar-refractivity contribution >= 4 is 40.1 Å². The summed E-state index contributed by atoms with van der Waals surface area (Å²) in [5.41, 5.74) is 10.2. The third kappa shape index (κ3) is 5.53. The van der Waals surface area contributed by atoms with Gasteiger partial charge in [0.2, 0.25) is 0 Å². The van der Waals surface area contributed by atoms with Gasteiger partial charge in [-0.05, 0) is 36.4 Å². The molecule has 2 saturated heterocycles. The number of nitrogens with two attached hydrogens (primary N) is 1. The first-order chi connectivity index (χ1) is 18.6. The summed E-state index contributed by atoms with van der Waals surface area (Å²) in [6.45, 7) is 8.57. The van der Waals surface area contributed by atoms with Crippen LogP contribution < -0.4 is 26.2 Å². The van der Waals surface area contributed by atoms with Crippen molar-refractivity contribution in [2.45, 2.75) is 19.9 Å². The molecular formula is C27H33N9O2. The minimum atomic E-state index is -0.363. The molecule has 2 amide bonds. The zero-order valence-electron chi connectivity index (χ0n) is 21.6. The first-order valence-electron chi connectivity index (χ1n) is 12.9. The highest BCUT2D eigenvalue weighted by atomic mass is 16.5. The van der Waals surface area contributed by atoms with Crippen molar-refractivity contribution in [2.24, 2.45) is 5.73 Å². The van der Waals surface area contributed by atoms with Crippen LogP contribution in [-0.4, -0.2) is 71.4 Å². The zero-order chi connectivity index (χ0) is 26.5. The monoisotopic (exact) mass is 515 g/mol. The van der Waals surface area contributed by atoms with Gasteiger partial charge in [0.05, 0.1) is 18.7 Å². The largest absolute Gasteiger partial charge is 0.378 e. The third-order valence-corrected chi connectivity index (χ3v) is 6.37. The third-order valence-electron chi connectivity index (χ3n) is 6.37. The number of aromatic amines is 1. The topological polar surface area (TPSA) is 137 Å². The van der Waals surface area contributed by atoms with Crippen LogP contribution in [0.2, 0.25) is 0 Å². The molecule has 2 aliphatic rings. The Labute approximate surface area is 221 Å². The Kier molecular flexibility index (Phi) is 7.66. The average Bonchev–Trinajstić information content (AvgIpc) is 3.38. The normalized spacial score (nSPS) is 15.4. The van der Waals surface area contributed by atoms with Gasteiger partial charge in [-0.25, -0.2) is 19.7 Å². The number of rotatable bonds is 5. The Morgan fingerprint density at radius 1 is 1.00 bits per heavy atom. The maximum absolute atomic E-state index is 12.5. The Balaban J connectivity index is 0.00000144. The molecule has 5 heterocycles. The number of benzene rings is 1. The number of imidazole rings is 1. The van der Waals surface area contributed by atoms with E-state index in [2.05, 4.69) is 35.4 Å². The smallest absolute Gasteiger partial charge is 0.324 e. The fourth-order valence-corrected chi connectivity index (χ4v) is 4.46. The van der Waals surface area contributed by atoms with Crippen LogP contribution in [-0.2, 0) is 4.74 Å². The van der Waals surface area contributed by atoms with Gasteiger partial charge in [0.1, 0.15) is 17.2 Å². The fourth-order valence-electron chi connectivity index (χ4n) is 4.46. The second-order valence-corrected chi connectivity index (χ2v) is 8.94. The number of nitrogens with zero attached hydrogens (tertiary/aromatic N) is 5. The molecule has 2 aliphatic heterocycles. The molecule has 4 aromatic rings. The number of aromatic nitrogens is 4. The molecule has 0 spiro atoms. The molecule has 0 atom stereocenters. The number of fused-ring (bicyclic) bond motifs is 1. The van der Waals surface area contributed by atoms with Crippen LogP contribution in [0.1, 0.15) is 13.8 Å². The van der Waals surface area contributed by atoms with Crippen LogP contribution in [0.4, 0.5) is 27.8 Å². The minimum absolute atomic E-state index is 0.198. The van der Waals surface area contributed by atoms with Crippen molar-refractivity contribution in [3.63, 3.8) is 0 Å². The summed E-state index contributed by atoms with van der Waals surface area (Å²) >= 11 is 0. The highest BCUT2D eigenvalue weighted by molar-refractivity contribution is 5.99. The molecule has 38 heavy (non-hydrogen) atoms. The van der Waals surface area contributed by atoms with Gasteiger partial charge in [0.15, 0.2) is 5.82 Å². The van der Waals surface area contributed by atoms with E-state index < -0.39 is 0 Å². The number of H-pyrrole nitrogens is 1. The number of nitrogens with one attached hydrogen (secondary N) is 3. The predicted octanol–water partition coefficient (Wildman–Crippen LogP) is 3.67. The molecule has 0 saturated carbocycles. The average molecular weight is 516 g/mol. The Morgan fingerprint density at radius 2 is 1.74 bits per heavy atom. The van der Waals surface area contributed by atoms with Crippen molar-refractivity contribution in [3.05, 3.63) is 54.9 Å². The van der Waals surface area contributed by atoms with Crippen molar-refractivity contribution in [2.75, 3.05) is 59.8 Å². The van der Waals surface area contributed by atoms with E-state index in [-0.39, 0.29) is 12.1 Å². The van der Waals surface area contributed by atoms with Gasteiger partial charge < -0.3 is 30.6 Å². The summed E-state index contributed by atoms with van der Waals surface area (Å²) in [5, 5.41) is 5.64. The SMILES string of the molecule is CC.NC1CN(c2ccnc(NC(=O)Nc3ccc(-c4nc5c(N6CCOCC6)nccc5[nH]4)cc3)c2)C1. The lowest BCUT2D eigenvalue weighted by atomic mass is 10.1. The van der Waals surface area contributed by atoms with Gasteiger partial charge >= 0.3 is 6.03 Å². The second-order valence-electron chi connectivity index (χ2n) is 8.94. The number of anilines is 4. The molecule has 1 aromatic carbocycles. The van der Waals surface area contributed by atoms with E-state index in [1.807, 2.05) is 56.3 Å². The molecule has 2 fully saturated rings. The number of carbonyl (C=O) groups is 1. The number of pyridine rings is 2. The number of amides is 2. The van der Waals surface area contributed by atoms with Gasteiger partial charge in [0, 0.05) is 67.6 Å². The summed E-state index contributed by atoms with van der Waals surface area (Å²) in [7, 11) is 0. The number of hydrogen-bond donors (Lipinski definition) is 4. The van der Waals surface area contributed by atoms with E-state index in [9.17, 15) is 4.79 Å². The van der Waals surface area contributed by atoms with Gasteiger partial charge in [-0.2, -0.15) is 0 Å². The van der Waals surface area contributed by atoms with Crippen molar-refractivity contribution in [1.29, 1.82) is 0 Å². The van der Waals surface area contributed by atoms with Crippen molar-refractivity contribution in [1.82, 2.24) is 19.9 Å². The summed E-state index contributed by atoms with van der Waals surface area (Å²) in [5.74, 6) is 2.09.